The van der Waals surface area contributed by atoms with Gasteiger partial charge in [0.2, 0.25) is 0 Å². The second kappa shape index (κ2) is 11.6. The maximum absolute atomic E-state index is 2.43. The van der Waals surface area contributed by atoms with Crippen LogP contribution in [0.4, 0.5) is 17.1 Å². The number of aryl methyl sites for hydroxylation is 4. The number of allylic oxidation sites excluding steroid dienone is 3. The first-order valence-corrected chi connectivity index (χ1v) is 14.8. The Morgan fingerprint density at radius 1 is 0.619 bits per heavy atom. The first-order valence-electron chi connectivity index (χ1n) is 14.8. The van der Waals surface area contributed by atoms with Crippen LogP contribution in [0.5, 0.6) is 0 Å². The van der Waals surface area contributed by atoms with E-state index in [-0.39, 0.29) is 0 Å². The Bertz CT molecular complexity index is 1870. The maximum atomic E-state index is 2.43. The highest BCUT2D eigenvalue weighted by Crippen LogP contribution is 2.39. The Morgan fingerprint density at radius 3 is 1.69 bits per heavy atom. The van der Waals surface area contributed by atoms with Crippen LogP contribution in [0.3, 0.4) is 0 Å². The van der Waals surface area contributed by atoms with Crippen LogP contribution in [-0.4, -0.2) is 4.57 Å². The third-order valence-electron chi connectivity index (χ3n) is 8.17. The molecule has 0 N–H and O–H groups in total. The Morgan fingerprint density at radius 2 is 1.12 bits per heavy atom. The molecule has 1 aromatic heterocycles. The van der Waals surface area contributed by atoms with E-state index < -0.39 is 0 Å². The van der Waals surface area contributed by atoms with E-state index in [0.717, 1.165) is 23.6 Å². The molecule has 2 heteroatoms. The summed E-state index contributed by atoms with van der Waals surface area (Å²) in [6.45, 7) is 11.7. The van der Waals surface area contributed by atoms with Crippen molar-refractivity contribution in [2.24, 2.45) is 0 Å². The number of benzene rings is 5. The predicted molar refractivity (Wildman–Crippen MR) is 183 cm³/mol. The monoisotopic (exact) mass is 546 g/mol. The topological polar surface area (TPSA) is 8.17 Å². The van der Waals surface area contributed by atoms with E-state index in [2.05, 4.69) is 172 Å². The summed E-state index contributed by atoms with van der Waals surface area (Å²) in [6, 6.07) is 40.0. The van der Waals surface area contributed by atoms with Crippen molar-refractivity contribution in [3.05, 3.63) is 149 Å². The number of hydrogen-bond acceptors (Lipinski definition) is 1. The molecule has 0 saturated carbocycles. The zero-order chi connectivity index (χ0) is 29.2. The second-order valence-corrected chi connectivity index (χ2v) is 11.3. The molecular formula is C40H38N2. The Hall–Kier alpha value is -4.82. The van der Waals surface area contributed by atoms with Crippen molar-refractivity contribution >= 4 is 50.5 Å². The lowest BCUT2D eigenvalue weighted by molar-refractivity contribution is 0.827. The second-order valence-electron chi connectivity index (χ2n) is 11.3. The van der Waals surface area contributed by atoms with Gasteiger partial charge in [0.1, 0.15) is 0 Å². The lowest BCUT2D eigenvalue weighted by atomic mass is 10.0. The van der Waals surface area contributed by atoms with Gasteiger partial charge in [-0.05, 0) is 106 Å². The van der Waals surface area contributed by atoms with Gasteiger partial charge in [0.25, 0.3) is 0 Å². The molecule has 0 aliphatic rings. The van der Waals surface area contributed by atoms with Crippen LogP contribution in [0.2, 0.25) is 0 Å². The predicted octanol–water partition coefficient (Wildman–Crippen LogP) is 11.3. The van der Waals surface area contributed by atoms with Gasteiger partial charge in [-0.25, -0.2) is 0 Å². The zero-order valence-corrected chi connectivity index (χ0v) is 25.2. The smallest absolute Gasteiger partial charge is 0.0492 e. The summed E-state index contributed by atoms with van der Waals surface area (Å²) in [5.41, 5.74) is 13.5. The molecule has 0 amide bonds. The van der Waals surface area contributed by atoms with Crippen molar-refractivity contribution in [2.75, 3.05) is 4.90 Å². The fraction of sp³-hybridized carbons (Fsp3) is 0.150. The summed E-state index contributed by atoms with van der Waals surface area (Å²) in [4.78, 5) is 2.36. The molecule has 0 radical (unpaired) electrons. The number of anilines is 3. The number of nitrogens with zero attached hydrogens (tertiary/aromatic N) is 2. The standard InChI is InChI=1S/C40H38N2/c1-6-41-39-24-18-33(31(5)8-7-9-32-16-10-28(2)11-17-32)26-37(39)38-27-36(23-25-40(38)41)42(34-19-12-29(3)13-20-34)35-21-14-30(4)15-22-35/h7-27H,6H2,1-5H3. The van der Waals surface area contributed by atoms with Gasteiger partial charge in [0, 0.05) is 45.4 Å². The van der Waals surface area contributed by atoms with E-state index in [1.54, 1.807) is 0 Å². The largest absolute Gasteiger partial charge is 0.341 e. The van der Waals surface area contributed by atoms with Crippen LogP contribution in [0.25, 0.3) is 33.5 Å². The molecule has 6 aromatic rings. The quantitative estimate of drug-likeness (QED) is 0.181. The third kappa shape index (κ3) is 5.41. The molecule has 5 aromatic carbocycles. The minimum Gasteiger partial charge on any atom is -0.341 e. The zero-order valence-electron chi connectivity index (χ0n) is 25.2. The van der Waals surface area contributed by atoms with Crippen LogP contribution < -0.4 is 4.90 Å². The molecule has 208 valence electrons. The van der Waals surface area contributed by atoms with Crippen molar-refractivity contribution in [3.8, 4) is 0 Å². The van der Waals surface area contributed by atoms with Crippen molar-refractivity contribution in [1.29, 1.82) is 0 Å². The highest BCUT2D eigenvalue weighted by atomic mass is 15.1. The maximum Gasteiger partial charge on any atom is 0.0492 e. The summed E-state index contributed by atoms with van der Waals surface area (Å²) in [5, 5.41) is 2.56. The molecule has 0 saturated heterocycles. The third-order valence-corrected chi connectivity index (χ3v) is 8.17. The summed E-state index contributed by atoms with van der Waals surface area (Å²) in [5.74, 6) is 0. The van der Waals surface area contributed by atoms with E-state index in [4.69, 9.17) is 0 Å². The molecule has 0 bridgehead atoms. The van der Waals surface area contributed by atoms with Crippen LogP contribution in [-0.2, 0) is 6.54 Å². The van der Waals surface area contributed by atoms with Gasteiger partial charge in [-0.1, -0.05) is 89.5 Å². The van der Waals surface area contributed by atoms with Crippen LogP contribution in [0.1, 0.15) is 41.7 Å². The average molecular weight is 547 g/mol. The molecule has 0 fully saturated rings. The average Bonchev–Trinajstić information content (AvgIpc) is 3.32. The molecule has 0 unspecified atom stereocenters. The molecule has 42 heavy (non-hydrogen) atoms. The van der Waals surface area contributed by atoms with E-state index in [9.17, 15) is 0 Å². The van der Waals surface area contributed by atoms with Gasteiger partial charge >= 0.3 is 0 Å². The molecule has 2 nitrogen and oxygen atoms in total. The van der Waals surface area contributed by atoms with Gasteiger partial charge in [-0.3, -0.25) is 0 Å². The van der Waals surface area contributed by atoms with Crippen molar-refractivity contribution in [1.82, 2.24) is 4.57 Å². The Kier molecular flexibility index (Phi) is 7.54. The van der Waals surface area contributed by atoms with Gasteiger partial charge in [-0.2, -0.15) is 0 Å². The summed E-state index contributed by atoms with van der Waals surface area (Å²) >= 11 is 0. The van der Waals surface area contributed by atoms with Gasteiger partial charge in [0.05, 0.1) is 0 Å². The number of aromatic nitrogens is 1. The highest BCUT2D eigenvalue weighted by Gasteiger charge is 2.16. The normalized spacial score (nSPS) is 12.1. The first kappa shape index (κ1) is 27.4. The molecular weight excluding hydrogens is 508 g/mol. The fourth-order valence-electron chi connectivity index (χ4n) is 5.73. The van der Waals surface area contributed by atoms with Crippen LogP contribution in [0.15, 0.2) is 121 Å². The Balaban J connectivity index is 1.45. The van der Waals surface area contributed by atoms with E-state index in [1.165, 1.54) is 55.2 Å². The molecule has 0 aliphatic heterocycles. The highest BCUT2D eigenvalue weighted by molar-refractivity contribution is 6.10. The molecule has 6 rings (SSSR count). The van der Waals surface area contributed by atoms with Crippen molar-refractivity contribution in [3.63, 3.8) is 0 Å². The van der Waals surface area contributed by atoms with Crippen molar-refractivity contribution in [2.45, 2.75) is 41.2 Å². The van der Waals surface area contributed by atoms with Gasteiger partial charge in [-0.15, -0.1) is 0 Å². The molecule has 0 spiro atoms. The summed E-state index contributed by atoms with van der Waals surface area (Å²) < 4.78 is 2.43. The minimum absolute atomic E-state index is 0.923. The van der Waals surface area contributed by atoms with E-state index in [0.29, 0.717) is 0 Å². The summed E-state index contributed by atoms with van der Waals surface area (Å²) in [6.07, 6.45) is 6.53. The van der Waals surface area contributed by atoms with Gasteiger partial charge < -0.3 is 9.47 Å². The molecule has 1 heterocycles. The van der Waals surface area contributed by atoms with Crippen LogP contribution >= 0.6 is 0 Å². The van der Waals surface area contributed by atoms with E-state index in [1.807, 2.05) is 0 Å². The van der Waals surface area contributed by atoms with Crippen LogP contribution in [0, 0.1) is 20.8 Å². The molecule has 0 atom stereocenters. The number of fused-ring (bicyclic) bond motifs is 3. The lowest BCUT2D eigenvalue weighted by Gasteiger charge is -2.26. The summed E-state index contributed by atoms with van der Waals surface area (Å²) in [7, 11) is 0. The minimum atomic E-state index is 0.923. The van der Waals surface area contributed by atoms with Gasteiger partial charge in [0.15, 0.2) is 0 Å². The lowest BCUT2D eigenvalue weighted by Crippen LogP contribution is -2.10. The molecule has 0 aliphatic carbocycles. The Labute approximate surface area is 249 Å². The van der Waals surface area contributed by atoms with Crippen molar-refractivity contribution < 1.29 is 0 Å². The van der Waals surface area contributed by atoms with E-state index >= 15 is 0 Å². The number of rotatable bonds is 7. The fourth-order valence-corrected chi connectivity index (χ4v) is 5.73. The first-order chi connectivity index (χ1) is 20.4. The number of hydrogen-bond donors (Lipinski definition) is 0. The SMILES string of the molecule is CCn1c2ccc(C(C)=CC=Cc3ccc(C)cc3)cc2c2cc(N(c3ccc(C)cc3)c3ccc(C)cc3)ccc21.